The zero-order chi connectivity index (χ0) is 15.0. The van der Waals surface area contributed by atoms with Crippen LogP contribution in [0.25, 0.3) is 11.0 Å². The van der Waals surface area contributed by atoms with E-state index in [0.717, 1.165) is 31.0 Å². The van der Waals surface area contributed by atoms with Crippen molar-refractivity contribution in [3.05, 3.63) is 29.6 Å². The van der Waals surface area contributed by atoms with Crippen LogP contribution in [-0.4, -0.2) is 35.4 Å². The van der Waals surface area contributed by atoms with E-state index < -0.39 is 11.7 Å². The average molecular weight is 299 g/mol. The lowest BCUT2D eigenvalue weighted by Gasteiger charge is -2.23. The fourth-order valence-electron chi connectivity index (χ4n) is 2.56. The standard InChI is InChI=1S/C14H16F3N3O/c1-20-12-3-2-9(14(15,16)17)6-11(12)19-13(20)7-10-8-18-4-5-21-10/h2-3,6,10,18H,4-5,7-8H2,1H3. The Hall–Kier alpha value is -1.60. The molecule has 1 saturated heterocycles. The van der Waals surface area contributed by atoms with E-state index in [1.54, 1.807) is 0 Å². The lowest BCUT2D eigenvalue weighted by molar-refractivity contribution is -0.137. The molecule has 1 N–H and O–H groups in total. The molecule has 0 amide bonds. The van der Waals surface area contributed by atoms with Crippen LogP contribution in [0.3, 0.4) is 0 Å². The van der Waals surface area contributed by atoms with Gasteiger partial charge in [0.05, 0.1) is 29.3 Å². The number of hydrogen-bond acceptors (Lipinski definition) is 3. The van der Waals surface area contributed by atoms with Crippen molar-refractivity contribution in [2.24, 2.45) is 7.05 Å². The topological polar surface area (TPSA) is 39.1 Å². The average Bonchev–Trinajstić information content (AvgIpc) is 2.75. The largest absolute Gasteiger partial charge is 0.416 e. The van der Waals surface area contributed by atoms with Crippen LogP contribution in [0.4, 0.5) is 13.2 Å². The Kier molecular flexibility index (Phi) is 3.62. The summed E-state index contributed by atoms with van der Waals surface area (Å²) in [6.45, 7) is 2.21. The summed E-state index contributed by atoms with van der Waals surface area (Å²) in [7, 11) is 1.81. The van der Waals surface area contributed by atoms with Crippen molar-refractivity contribution in [2.45, 2.75) is 18.7 Å². The summed E-state index contributed by atoms with van der Waals surface area (Å²) in [6, 6.07) is 3.65. The lowest BCUT2D eigenvalue weighted by atomic mass is 10.2. The van der Waals surface area contributed by atoms with Crippen molar-refractivity contribution in [2.75, 3.05) is 19.7 Å². The van der Waals surface area contributed by atoms with Crippen LogP contribution < -0.4 is 5.32 Å². The number of nitrogens with one attached hydrogen (secondary N) is 1. The van der Waals surface area contributed by atoms with Crippen molar-refractivity contribution in [3.8, 4) is 0 Å². The highest BCUT2D eigenvalue weighted by molar-refractivity contribution is 5.77. The van der Waals surface area contributed by atoms with E-state index in [1.165, 1.54) is 6.07 Å². The van der Waals surface area contributed by atoms with Gasteiger partial charge in [-0.15, -0.1) is 0 Å². The predicted molar refractivity (Wildman–Crippen MR) is 72.0 cm³/mol. The molecule has 0 aliphatic carbocycles. The minimum atomic E-state index is -4.34. The van der Waals surface area contributed by atoms with Gasteiger partial charge >= 0.3 is 6.18 Å². The van der Waals surface area contributed by atoms with Gasteiger partial charge in [-0.05, 0) is 18.2 Å². The number of aryl methyl sites for hydroxylation is 1. The molecule has 1 aliphatic heterocycles. The summed E-state index contributed by atoms with van der Waals surface area (Å²) in [5.74, 6) is 0.734. The fourth-order valence-corrected chi connectivity index (χ4v) is 2.56. The number of halogens is 3. The Morgan fingerprint density at radius 2 is 2.24 bits per heavy atom. The molecule has 1 fully saturated rings. The number of ether oxygens (including phenoxy) is 1. The molecule has 21 heavy (non-hydrogen) atoms. The normalized spacial score (nSPS) is 20.1. The molecular formula is C14H16F3N3O. The van der Waals surface area contributed by atoms with E-state index in [0.29, 0.717) is 24.1 Å². The molecule has 0 spiro atoms. The Labute approximate surface area is 119 Å². The van der Waals surface area contributed by atoms with E-state index in [2.05, 4.69) is 10.3 Å². The predicted octanol–water partition coefficient (Wildman–Crippen LogP) is 2.12. The van der Waals surface area contributed by atoms with Crippen LogP contribution in [0, 0.1) is 0 Å². The zero-order valence-electron chi connectivity index (χ0n) is 11.6. The van der Waals surface area contributed by atoms with Gasteiger partial charge in [0.15, 0.2) is 0 Å². The van der Waals surface area contributed by atoms with E-state index in [-0.39, 0.29) is 6.10 Å². The van der Waals surface area contributed by atoms with Gasteiger partial charge in [0, 0.05) is 26.6 Å². The minimum Gasteiger partial charge on any atom is -0.375 e. The number of nitrogens with zero attached hydrogens (tertiary/aromatic N) is 2. The second kappa shape index (κ2) is 5.31. The van der Waals surface area contributed by atoms with Crippen molar-refractivity contribution in [1.82, 2.24) is 14.9 Å². The maximum absolute atomic E-state index is 12.7. The zero-order valence-corrected chi connectivity index (χ0v) is 11.6. The maximum atomic E-state index is 12.7. The molecule has 114 valence electrons. The van der Waals surface area contributed by atoms with Crippen LogP contribution in [0.5, 0.6) is 0 Å². The van der Waals surface area contributed by atoms with E-state index in [1.807, 2.05) is 11.6 Å². The highest BCUT2D eigenvalue weighted by Crippen LogP contribution is 2.31. The SMILES string of the molecule is Cn1c(CC2CNCCO2)nc2cc(C(F)(F)F)ccc21. The highest BCUT2D eigenvalue weighted by Gasteiger charge is 2.31. The van der Waals surface area contributed by atoms with E-state index >= 15 is 0 Å². The Balaban J connectivity index is 1.91. The summed E-state index contributed by atoms with van der Waals surface area (Å²) in [5.41, 5.74) is 0.392. The van der Waals surface area contributed by atoms with Crippen molar-refractivity contribution in [1.29, 1.82) is 0 Å². The van der Waals surface area contributed by atoms with Gasteiger partial charge in [-0.1, -0.05) is 0 Å². The first-order chi connectivity index (χ1) is 9.95. The first kappa shape index (κ1) is 14.3. The number of alkyl halides is 3. The second-order valence-electron chi connectivity index (χ2n) is 5.19. The van der Waals surface area contributed by atoms with Crippen molar-refractivity contribution in [3.63, 3.8) is 0 Å². The van der Waals surface area contributed by atoms with E-state index in [4.69, 9.17) is 4.74 Å². The molecule has 0 radical (unpaired) electrons. The quantitative estimate of drug-likeness (QED) is 0.923. The third kappa shape index (κ3) is 2.89. The number of morpholine rings is 1. The molecule has 4 nitrogen and oxygen atoms in total. The van der Waals surface area contributed by atoms with Crippen LogP contribution in [0.15, 0.2) is 18.2 Å². The maximum Gasteiger partial charge on any atom is 0.416 e. The van der Waals surface area contributed by atoms with Gasteiger partial charge in [-0.25, -0.2) is 4.98 Å². The molecule has 1 aliphatic rings. The Morgan fingerprint density at radius 3 is 2.90 bits per heavy atom. The van der Waals surface area contributed by atoms with Crippen LogP contribution >= 0.6 is 0 Å². The number of benzene rings is 1. The summed E-state index contributed by atoms with van der Waals surface area (Å²) in [4.78, 5) is 4.34. The van der Waals surface area contributed by atoms with Gasteiger partial charge < -0.3 is 14.6 Å². The van der Waals surface area contributed by atoms with Gasteiger partial charge in [-0.2, -0.15) is 13.2 Å². The molecule has 2 heterocycles. The number of hydrogen-bond donors (Lipinski definition) is 1. The summed E-state index contributed by atoms with van der Waals surface area (Å²) in [5, 5.41) is 3.23. The van der Waals surface area contributed by atoms with Gasteiger partial charge in [0.1, 0.15) is 5.82 Å². The first-order valence-corrected chi connectivity index (χ1v) is 6.80. The Bertz CT molecular complexity index is 645. The van der Waals surface area contributed by atoms with Gasteiger partial charge in [0.25, 0.3) is 0 Å². The number of imidazole rings is 1. The van der Waals surface area contributed by atoms with Crippen molar-refractivity contribution >= 4 is 11.0 Å². The number of rotatable bonds is 2. The molecule has 1 aromatic heterocycles. The minimum absolute atomic E-state index is 0.0105. The monoisotopic (exact) mass is 299 g/mol. The summed E-state index contributed by atoms with van der Waals surface area (Å²) < 4.78 is 45.6. The van der Waals surface area contributed by atoms with E-state index in [9.17, 15) is 13.2 Å². The van der Waals surface area contributed by atoms with Gasteiger partial charge in [-0.3, -0.25) is 0 Å². The first-order valence-electron chi connectivity index (χ1n) is 6.80. The number of aromatic nitrogens is 2. The molecule has 0 saturated carbocycles. The molecule has 7 heteroatoms. The van der Waals surface area contributed by atoms with Crippen LogP contribution in [0.2, 0.25) is 0 Å². The van der Waals surface area contributed by atoms with Gasteiger partial charge in [0.2, 0.25) is 0 Å². The lowest BCUT2D eigenvalue weighted by Crippen LogP contribution is -2.40. The summed E-state index contributed by atoms with van der Waals surface area (Å²) in [6.07, 6.45) is -3.75. The van der Waals surface area contributed by atoms with Crippen LogP contribution in [-0.2, 0) is 24.4 Å². The second-order valence-corrected chi connectivity index (χ2v) is 5.19. The smallest absolute Gasteiger partial charge is 0.375 e. The molecule has 1 atom stereocenters. The molecular weight excluding hydrogens is 283 g/mol. The molecule has 0 bridgehead atoms. The third-order valence-electron chi connectivity index (χ3n) is 3.72. The fraction of sp³-hybridized carbons (Fsp3) is 0.500. The third-order valence-corrected chi connectivity index (χ3v) is 3.72. The highest BCUT2D eigenvalue weighted by atomic mass is 19.4. The number of fused-ring (bicyclic) bond motifs is 1. The Morgan fingerprint density at radius 1 is 1.43 bits per heavy atom. The van der Waals surface area contributed by atoms with Crippen molar-refractivity contribution < 1.29 is 17.9 Å². The molecule has 2 aromatic rings. The molecule has 1 unspecified atom stereocenters. The summed E-state index contributed by atoms with van der Waals surface area (Å²) >= 11 is 0. The van der Waals surface area contributed by atoms with Crippen LogP contribution in [0.1, 0.15) is 11.4 Å². The molecule has 1 aromatic carbocycles. The molecule has 3 rings (SSSR count).